The van der Waals surface area contributed by atoms with Crippen molar-refractivity contribution in [3.05, 3.63) is 70.8 Å². The molecule has 0 spiro atoms. The van der Waals surface area contributed by atoms with Gasteiger partial charge in [-0.15, -0.1) is 0 Å². The summed E-state index contributed by atoms with van der Waals surface area (Å²) in [6.07, 6.45) is -1.22. The van der Waals surface area contributed by atoms with Crippen molar-refractivity contribution < 1.29 is 66.1 Å². The minimum absolute atomic E-state index is 0.109. The fourth-order valence-electron chi connectivity index (χ4n) is 3.94. The highest BCUT2D eigenvalue weighted by molar-refractivity contribution is 7.52. The molecule has 2 rings (SSSR count). The first-order chi connectivity index (χ1) is 20.7. The van der Waals surface area contributed by atoms with Crippen molar-refractivity contribution in [3.8, 4) is 0 Å². The number of hydrogen-bond acceptors (Lipinski definition) is 6. The number of alkyl halides is 4. The lowest BCUT2D eigenvalue weighted by Crippen LogP contribution is -2.55. The van der Waals surface area contributed by atoms with Crippen LogP contribution in [0.4, 0.5) is 17.6 Å². The van der Waals surface area contributed by atoms with Crippen LogP contribution in [0, 0.1) is 5.92 Å². The van der Waals surface area contributed by atoms with Crippen molar-refractivity contribution in [2.24, 2.45) is 11.7 Å². The van der Waals surface area contributed by atoms with Gasteiger partial charge in [-0.2, -0.15) is 17.6 Å². The van der Waals surface area contributed by atoms with Crippen LogP contribution in [0.5, 0.6) is 0 Å². The number of carboxylic acid groups (broad SMARTS) is 2. The largest absolute Gasteiger partial charge is 0.481 e. The molecule has 45 heavy (non-hydrogen) atoms. The minimum Gasteiger partial charge on any atom is -0.481 e. The van der Waals surface area contributed by atoms with Crippen LogP contribution in [0.25, 0.3) is 0 Å². The topological polar surface area (TPSA) is 233 Å². The zero-order valence-electron chi connectivity index (χ0n) is 23.5. The van der Waals surface area contributed by atoms with E-state index in [2.05, 4.69) is 10.6 Å². The number of rotatable bonds is 16. The Morgan fingerprint density at radius 2 is 1.24 bits per heavy atom. The van der Waals surface area contributed by atoms with E-state index in [1.165, 1.54) is 6.92 Å². The monoisotopic (exact) mass is 663 g/mol. The number of aliphatic carboxylic acids is 2. The van der Waals surface area contributed by atoms with Gasteiger partial charge in [0, 0.05) is 36.3 Å². The van der Waals surface area contributed by atoms with E-state index in [-0.39, 0.29) is 30.4 Å². The molecule has 0 aliphatic heterocycles. The first-order valence-corrected chi connectivity index (χ1v) is 14.6. The summed E-state index contributed by atoms with van der Waals surface area (Å²) in [5.41, 5.74) is -0.650. The normalized spacial score (nSPS) is 14.1. The van der Waals surface area contributed by atoms with Gasteiger partial charge in [-0.1, -0.05) is 55.5 Å². The van der Waals surface area contributed by atoms with Crippen LogP contribution in [0.15, 0.2) is 48.5 Å². The highest BCUT2D eigenvalue weighted by Crippen LogP contribution is 2.59. The van der Waals surface area contributed by atoms with E-state index < -0.39 is 84.4 Å². The Kier molecular flexibility index (Phi) is 12.0. The maximum absolute atomic E-state index is 14.1. The summed E-state index contributed by atoms with van der Waals surface area (Å²) in [5, 5.41) is 22.3. The molecule has 0 radical (unpaired) electrons. The Hall–Kier alpha value is -4.34. The van der Waals surface area contributed by atoms with E-state index in [1.54, 1.807) is 0 Å². The SMILES string of the molecule is CC(CCC(=O)O)C(=O)NC(Cc1ccc(C(F)(F)P(=O)(O)O)cc1)C(=O)NC(Cc1ccc(C(F)(F)C(=O)O)cc1)C(N)=O. The van der Waals surface area contributed by atoms with Crippen LogP contribution in [0.3, 0.4) is 0 Å². The van der Waals surface area contributed by atoms with Gasteiger partial charge < -0.3 is 36.4 Å². The van der Waals surface area contributed by atoms with Crippen molar-refractivity contribution in [1.82, 2.24) is 10.6 Å². The highest BCUT2D eigenvalue weighted by atomic mass is 31.2. The van der Waals surface area contributed by atoms with Crippen molar-refractivity contribution >= 4 is 37.3 Å². The van der Waals surface area contributed by atoms with Crippen LogP contribution < -0.4 is 16.4 Å². The lowest BCUT2D eigenvalue weighted by atomic mass is 9.99. The molecule has 246 valence electrons. The Morgan fingerprint density at radius 3 is 1.67 bits per heavy atom. The Balaban J connectivity index is 2.31. The molecule has 0 aromatic heterocycles. The maximum atomic E-state index is 14.1. The Morgan fingerprint density at radius 1 is 0.800 bits per heavy atom. The Labute approximate surface area is 253 Å². The predicted molar refractivity (Wildman–Crippen MR) is 147 cm³/mol. The molecule has 0 saturated heterocycles. The summed E-state index contributed by atoms with van der Waals surface area (Å²) >= 11 is 0. The quantitative estimate of drug-likeness (QED) is 0.102. The molecule has 3 amide bonds. The third kappa shape index (κ3) is 9.83. The fraction of sp³-hybridized carbons (Fsp3) is 0.370. The van der Waals surface area contributed by atoms with Crippen molar-refractivity contribution in [3.63, 3.8) is 0 Å². The molecular weight excluding hydrogens is 633 g/mol. The van der Waals surface area contributed by atoms with Crippen LogP contribution in [0.2, 0.25) is 0 Å². The van der Waals surface area contributed by atoms with Gasteiger partial charge in [-0.3, -0.25) is 23.7 Å². The van der Waals surface area contributed by atoms with E-state index in [9.17, 15) is 46.1 Å². The van der Waals surface area contributed by atoms with Gasteiger partial charge in [0.2, 0.25) is 17.7 Å². The summed E-state index contributed by atoms with van der Waals surface area (Å²) in [6, 6.07) is 4.30. The molecule has 0 heterocycles. The zero-order chi connectivity index (χ0) is 34.3. The highest BCUT2D eigenvalue weighted by Gasteiger charge is 2.50. The second-order valence-corrected chi connectivity index (χ2v) is 11.8. The average molecular weight is 664 g/mol. The van der Waals surface area contributed by atoms with Crippen molar-refractivity contribution in [1.29, 1.82) is 0 Å². The van der Waals surface area contributed by atoms with Gasteiger partial charge in [0.1, 0.15) is 12.1 Å². The van der Waals surface area contributed by atoms with Gasteiger partial charge in [0.05, 0.1) is 0 Å². The summed E-state index contributed by atoms with van der Waals surface area (Å²) in [4.78, 5) is 77.8. The number of carboxylic acids is 2. The molecule has 13 nitrogen and oxygen atoms in total. The minimum atomic E-state index is -5.87. The summed E-state index contributed by atoms with van der Waals surface area (Å²) in [7, 11) is -5.87. The molecular formula is C27H30F4N3O10P. The van der Waals surface area contributed by atoms with E-state index in [0.717, 1.165) is 36.4 Å². The number of carbonyl (C=O) groups is 5. The molecule has 2 aromatic rings. The first-order valence-electron chi connectivity index (χ1n) is 13.0. The number of nitrogens with two attached hydrogens (primary N) is 1. The lowest BCUT2D eigenvalue weighted by Gasteiger charge is -2.24. The number of hydrogen-bond donors (Lipinski definition) is 7. The molecule has 0 aliphatic rings. The molecule has 0 aliphatic carbocycles. The summed E-state index contributed by atoms with van der Waals surface area (Å²) < 4.78 is 66.8. The zero-order valence-corrected chi connectivity index (χ0v) is 24.3. The second kappa shape index (κ2) is 14.6. The average Bonchev–Trinajstić information content (AvgIpc) is 2.94. The third-order valence-electron chi connectivity index (χ3n) is 6.66. The van der Waals surface area contributed by atoms with E-state index in [4.69, 9.17) is 25.7 Å². The summed E-state index contributed by atoms with van der Waals surface area (Å²) in [6.45, 7) is 1.38. The van der Waals surface area contributed by atoms with Gasteiger partial charge >= 0.3 is 31.1 Å². The summed E-state index contributed by atoms with van der Waals surface area (Å²) in [5.74, 6) is -11.5. The maximum Gasteiger partial charge on any atom is 0.399 e. The molecule has 18 heteroatoms. The molecule has 3 atom stereocenters. The van der Waals surface area contributed by atoms with Crippen LogP contribution in [-0.4, -0.2) is 61.7 Å². The number of halogens is 4. The van der Waals surface area contributed by atoms with Crippen LogP contribution in [-0.2, 0) is 53.0 Å². The lowest BCUT2D eigenvalue weighted by molar-refractivity contribution is -0.166. The second-order valence-electron chi connectivity index (χ2n) is 10.1. The number of carbonyl (C=O) groups excluding carboxylic acids is 3. The Bertz CT molecular complexity index is 1470. The number of primary amides is 1. The van der Waals surface area contributed by atoms with E-state index in [0.29, 0.717) is 12.1 Å². The van der Waals surface area contributed by atoms with Crippen molar-refractivity contribution in [2.75, 3.05) is 0 Å². The van der Waals surface area contributed by atoms with Crippen LogP contribution >= 0.6 is 7.60 Å². The van der Waals surface area contributed by atoms with Gasteiger partial charge in [-0.25, -0.2) is 4.79 Å². The van der Waals surface area contributed by atoms with E-state index >= 15 is 0 Å². The predicted octanol–water partition coefficient (Wildman–Crippen LogP) is 1.83. The fourth-order valence-corrected chi connectivity index (χ4v) is 4.43. The van der Waals surface area contributed by atoms with Gasteiger partial charge in [0.25, 0.3) is 0 Å². The smallest absolute Gasteiger partial charge is 0.399 e. The van der Waals surface area contributed by atoms with Gasteiger partial charge in [-0.05, 0) is 17.5 Å². The molecule has 0 fully saturated rings. The first kappa shape index (κ1) is 36.8. The van der Waals surface area contributed by atoms with Crippen molar-refractivity contribution in [2.45, 2.75) is 56.3 Å². The van der Waals surface area contributed by atoms with Gasteiger partial charge in [0.15, 0.2) is 0 Å². The molecule has 0 bridgehead atoms. The van der Waals surface area contributed by atoms with Crippen LogP contribution in [0.1, 0.15) is 42.0 Å². The number of benzene rings is 2. The standard InChI is InChI=1S/C27H30F4N3O10P/c1-14(2-11-21(35)36)23(38)34-20(13-16-5-9-18(10-6-16)27(30,31)45(42,43)44)24(39)33-19(22(32)37)12-15-3-7-17(8-4-15)26(28,29)25(40)41/h3-10,14,19-20H,2,11-13H2,1H3,(H2,32,37)(H,33,39)(H,34,38)(H,35,36)(H,40,41)(H2,42,43,44). The molecule has 0 saturated carbocycles. The molecule has 2 aromatic carbocycles. The van der Waals surface area contributed by atoms with E-state index in [1.807, 2.05) is 0 Å². The third-order valence-corrected chi connectivity index (χ3v) is 7.65. The molecule has 8 N–H and O–H groups in total. The molecule has 3 unspecified atom stereocenters. The number of nitrogens with one attached hydrogen (secondary N) is 2. The number of amides is 3.